The fourth-order valence-corrected chi connectivity index (χ4v) is 2.60. The van der Waals surface area contributed by atoms with Crippen LogP contribution < -0.4 is 10.1 Å². The summed E-state index contributed by atoms with van der Waals surface area (Å²) >= 11 is 3.54. The van der Waals surface area contributed by atoms with Gasteiger partial charge in [-0.1, -0.05) is 53.2 Å². The lowest BCUT2D eigenvalue weighted by molar-refractivity contribution is 0.305. The molecule has 0 aliphatic heterocycles. The van der Waals surface area contributed by atoms with Crippen molar-refractivity contribution in [2.45, 2.75) is 26.0 Å². The molecule has 2 aromatic carbocycles. The van der Waals surface area contributed by atoms with Crippen molar-refractivity contribution in [3.05, 3.63) is 64.1 Å². The summed E-state index contributed by atoms with van der Waals surface area (Å²) in [6.45, 7) is 2.75. The Labute approximate surface area is 129 Å². The molecule has 106 valence electrons. The molecule has 0 bridgehead atoms. The Morgan fingerprint density at radius 2 is 1.95 bits per heavy atom. The normalized spacial score (nSPS) is 12.2. The van der Waals surface area contributed by atoms with E-state index in [1.54, 1.807) is 0 Å². The van der Waals surface area contributed by atoms with Crippen molar-refractivity contribution in [1.29, 1.82) is 0 Å². The maximum atomic E-state index is 5.89. The van der Waals surface area contributed by atoms with Gasteiger partial charge in [0, 0.05) is 16.1 Å². The van der Waals surface area contributed by atoms with E-state index in [1.807, 2.05) is 37.4 Å². The second-order valence-electron chi connectivity index (χ2n) is 4.70. The second kappa shape index (κ2) is 7.46. The first-order valence-electron chi connectivity index (χ1n) is 6.88. The van der Waals surface area contributed by atoms with E-state index in [0.29, 0.717) is 12.6 Å². The van der Waals surface area contributed by atoms with Crippen LogP contribution in [0.4, 0.5) is 0 Å². The van der Waals surface area contributed by atoms with E-state index in [9.17, 15) is 0 Å². The largest absolute Gasteiger partial charge is 0.489 e. The predicted octanol–water partition coefficient (Wildman–Crippen LogP) is 4.70. The molecule has 0 saturated carbocycles. The van der Waals surface area contributed by atoms with E-state index in [0.717, 1.165) is 22.2 Å². The first kappa shape index (κ1) is 15.1. The fourth-order valence-electron chi connectivity index (χ4n) is 2.20. The van der Waals surface area contributed by atoms with Crippen molar-refractivity contribution < 1.29 is 4.74 Å². The van der Waals surface area contributed by atoms with Crippen molar-refractivity contribution in [2.75, 3.05) is 7.05 Å². The van der Waals surface area contributed by atoms with Gasteiger partial charge < -0.3 is 10.1 Å². The molecule has 0 aliphatic rings. The molecule has 1 unspecified atom stereocenters. The molecule has 0 aliphatic carbocycles. The summed E-state index contributed by atoms with van der Waals surface area (Å²) in [5.41, 5.74) is 2.41. The number of ether oxygens (including phenoxy) is 1. The summed E-state index contributed by atoms with van der Waals surface area (Å²) in [6, 6.07) is 16.8. The molecule has 0 fully saturated rings. The Morgan fingerprint density at radius 1 is 1.15 bits per heavy atom. The molecule has 1 N–H and O–H groups in total. The highest BCUT2D eigenvalue weighted by atomic mass is 79.9. The minimum atomic E-state index is 0.377. The molecule has 0 saturated heterocycles. The number of benzene rings is 2. The topological polar surface area (TPSA) is 21.3 Å². The van der Waals surface area contributed by atoms with Gasteiger partial charge in [-0.05, 0) is 37.2 Å². The smallest absolute Gasteiger partial charge is 0.120 e. The maximum Gasteiger partial charge on any atom is 0.120 e. The average Bonchev–Trinajstić information content (AvgIpc) is 2.48. The van der Waals surface area contributed by atoms with Crippen LogP contribution in [0.5, 0.6) is 5.75 Å². The Hall–Kier alpha value is -1.32. The van der Waals surface area contributed by atoms with Gasteiger partial charge in [0.15, 0.2) is 0 Å². The molecule has 3 heteroatoms. The van der Waals surface area contributed by atoms with Crippen LogP contribution in [0.25, 0.3) is 0 Å². The number of rotatable bonds is 6. The third-order valence-electron chi connectivity index (χ3n) is 3.37. The summed E-state index contributed by atoms with van der Waals surface area (Å²) in [6.07, 6.45) is 1.06. The van der Waals surface area contributed by atoms with Crippen LogP contribution in [-0.2, 0) is 6.61 Å². The quantitative estimate of drug-likeness (QED) is 0.827. The monoisotopic (exact) mass is 333 g/mol. The highest BCUT2D eigenvalue weighted by molar-refractivity contribution is 9.10. The Morgan fingerprint density at radius 3 is 2.65 bits per heavy atom. The molecule has 20 heavy (non-hydrogen) atoms. The van der Waals surface area contributed by atoms with E-state index in [4.69, 9.17) is 4.74 Å². The average molecular weight is 334 g/mol. The highest BCUT2D eigenvalue weighted by Crippen LogP contribution is 2.23. The van der Waals surface area contributed by atoms with Crippen LogP contribution in [0.3, 0.4) is 0 Å². The molecule has 2 aromatic rings. The van der Waals surface area contributed by atoms with Crippen molar-refractivity contribution >= 4 is 15.9 Å². The van der Waals surface area contributed by atoms with Gasteiger partial charge in [0.2, 0.25) is 0 Å². The molecular weight excluding hydrogens is 314 g/mol. The molecule has 2 rings (SSSR count). The first-order valence-corrected chi connectivity index (χ1v) is 7.67. The molecule has 0 aromatic heterocycles. The van der Waals surface area contributed by atoms with E-state index in [1.165, 1.54) is 5.56 Å². The fraction of sp³-hybridized carbons (Fsp3) is 0.294. The zero-order chi connectivity index (χ0) is 14.4. The van der Waals surface area contributed by atoms with Gasteiger partial charge in [-0.3, -0.25) is 0 Å². The first-order chi connectivity index (χ1) is 9.74. The molecule has 0 spiro atoms. The maximum absolute atomic E-state index is 5.89. The lowest BCUT2D eigenvalue weighted by Gasteiger charge is -2.15. The zero-order valence-corrected chi connectivity index (χ0v) is 13.5. The minimum Gasteiger partial charge on any atom is -0.489 e. The lowest BCUT2D eigenvalue weighted by Crippen LogP contribution is -2.15. The summed E-state index contributed by atoms with van der Waals surface area (Å²) in [7, 11) is 1.99. The SMILES string of the molecule is CCC(NC)c1cccc(OCc2ccccc2Br)c1. The number of nitrogens with one attached hydrogen (secondary N) is 1. The Balaban J connectivity index is 2.07. The highest BCUT2D eigenvalue weighted by Gasteiger charge is 2.07. The van der Waals surface area contributed by atoms with Gasteiger partial charge in [0.05, 0.1) is 0 Å². The summed E-state index contributed by atoms with van der Waals surface area (Å²) < 4.78 is 6.98. The van der Waals surface area contributed by atoms with Crippen LogP contribution in [0.2, 0.25) is 0 Å². The van der Waals surface area contributed by atoms with Crippen LogP contribution in [0.15, 0.2) is 53.0 Å². The van der Waals surface area contributed by atoms with Crippen LogP contribution in [0, 0.1) is 0 Å². The Bertz CT molecular complexity index is 552. The van der Waals surface area contributed by atoms with Gasteiger partial charge in [-0.25, -0.2) is 0 Å². The van der Waals surface area contributed by atoms with Gasteiger partial charge in [0.25, 0.3) is 0 Å². The summed E-state index contributed by atoms with van der Waals surface area (Å²) in [4.78, 5) is 0. The third-order valence-corrected chi connectivity index (χ3v) is 4.14. The molecule has 1 atom stereocenters. The zero-order valence-electron chi connectivity index (χ0n) is 11.9. The standard InChI is InChI=1S/C17H20BrNO/c1-3-17(19-2)13-8-6-9-15(11-13)20-12-14-7-4-5-10-16(14)18/h4-11,17,19H,3,12H2,1-2H3. The predicted molar refractivity (Wildman–Crippen MR) is 87.0 cm³/mol. The molecular formula is C17H20BrNO. The summed E-state index contributed by atoms with van der Waals surface area (Å²) in [5, 5.41) is 3.32. The van der Waals surface area contributed by atoms with Crippen LogP contribution in [-0.4, -0.2) is 7.05 Å². The van der Waals surface area contributed by atoms with E-state index < -0.39 is 0 Å². The van der Waals surface area contributed by atoms with Gasteiger partial charge in [0.1, 0.15) is 12.4 Å². The minimum absolute atomic E-state index is 0.377. The van der Waals surface area contributed by atoms with Crippen LogP contribution >= 0.6 is 15.9 Å². The van der Waals surface area contributed by atoms with Gasteiger partial charge >= 0.3 is 0 Å². The molecule has 0 heterocycles. The van der Waals surface area contributed by atoms with Crippen molar-refractivity contribution in [3.63, 3.8) is 0 Å². The lowest BCUT2D eigenvalue weighted by atomic mass is 10.0. The summed E-state index contributed by atoms with van der Waals surface area (Å²) in [5.74, 6) is 0.909. The number of hydrogen-bond donors (Lipinski definition) is 1. The molecule has 2 nitrogen and oxygen atoms in total. The van der Waals surface area contributed by atoms with Gasteiger partial charge in [-0.15, -0.1) is 0 Å². The van der Waals surface area contributed by atoms with Crippen molar-refractivity contribution in [1.82, 2.24) is 5.32 Å². The van der Waals surface area contributed by atoms with E-state index in [-0.39, 0.29) is 0 Å². The third kappa shape index (κ3) is 3.84. The Kier molecular flexibility index (Phi) is 5.62. The molecule has 0 radical (unpaired) electrons. The van der Waals surface area contributed by atoms with E-state index >= 15 is 0 Å². The van der Waals surface area contributed by atoms with Gasteiger partial charge in [-0.2, -0.15) is 0 Å². The van der Waals surface area contributed by atoms with Crippen molar-refractivity contribution in [3.8, 4) is 5.75 Å². The van der Waals surface area contributed by atoms with Crippen LogP contribution in [0.1, 0.15) is 30.5 Å². The number of halogens is 1. The van der Waals surface area contributed by atoms with Crippen molar-refractivity contribution in [2.24, 2.45) is 0 Å². The van der Waals surface area contributed by atoms with E-state index in [2.05, 4.69) is 46.4 Å². The number of hydrogen-bond acceptors (Lipinski definition) is 2. The second-order valence-corrected chi connectivity index (χ2v) is 5.56. The molecule has 0 amide bonds.